The molecule has 1 aliphatic heterocycles. The highest BCUT2D eigenvalue weighted by Crippen LogP contribution is 2.20. The normalized spacial score (nSPS) is 17.9. The summed E-state index contributed by atoms with van der Waals surface area (Å²) in [7, 11) is -2.23. The molecule has 2 rings (SSSR count). The summed E-state index contributed by atoms with van der Waals surface area (Å²) >= 11 is 0. The lowest BCUT2D eigenvalue weighted by molar-refractivity contribution is -0.124. The highest BCUT2D eigenvalue weighted by molar-refractivity contribution is 7.89. The van der Waals surface area contributed by atoms with Crippen molar-refractivity contribution in [3.05, 3.63) is 23.8 Å². The number of benzene rings is 1. The lowest BCUT2D eigenvalue weighted by atomic mass is 9.97. The van der Waals surface area contributed by atoms with Gasteiger partial charge in [-0.2, -0.15) is 0 Å². The molecule has 1 aromatic carbocycles. The zero-order valence-corrected chi connectivity index (χ0v) is 18.4. The van der Waals surface area contributed by atoms with Gasteiger partial charge in [0.15, 0.2) is 0 Å². The number of rotatable bonds is 8. The molecule has 1 aromatic rings. The topological polar surface area (TPSA) is 108 Å². The Morgan fingerprint density at radius 2 is 2.00 bits per heavy atom. The average molecular weight is 425 g/mol. The van der Waals surface area contributed by atoms with Gasteiger partial charge in [-0.05, 0) is 57.0 Å². The number of nitrogens with one attached hydrogen (secondary N) is 3. The van der Waals surface area contributed by atoms with Crippen LogP contribution < -0.4 is 15.4 Å². The van der Waals surface area contributed by atoms with Gasteiger partial charge < -0.3 is 10.6 Å². The van der Waals surface area contributed by atoms with Gasteiger partial charge >= 0.3 is 0 Å². The molecule has 0 spiro atoms. The molecule has 1 fully saturated rings. The first-order valence-corrected chi connectivity index (χ1v) is 11.4. The van der Waals surface area contributed by atoms with Crippen molar-refractivity contribution in [2.45, 2.75) is 38.5 Å². The maximum atomic E-state index is 12.5. The van der Waals surface area contributed by atoms with Gasteiger partial charge in [-0.3, -0.25) is 14.5 Å². The van der Waals surface area contributed by atoms with Gasteiger partial charge in [-0.25, -0.2) is 13.1 Å². The van der Waals surface area contributed by atoms with Crippen LogP contribution in [-0.2, 0) is 19.6 Å². The molecule has 3 N–H and O–H groups in total. The van der Waals surface area contributed by atoms with Crippen LogP contribution in [0.25, 0.3) is 0 Å². The summed E-state index contributed by atoms with van der Waals surface area (Å²) in [5, 5.41) is 5.76. The number of anilines is 1. The molecule has 0 saturated carbocycles. The lowest BCUT2D eigenvalue weighted by Crippen LogP contribution is -2.44. The van der Waals surface area contributed by atoms with Crippen LogP contribution >= 0.6 is 0 Å². The molecule has 2 amide bonds. The Labute approximate surface area is 173 Å². The molecule has 9 heteroatoms. The molecule has 1 unspecified atom stereocenters. The van der Waals surface area contributed by atoms with Crippen molar-refractivity contribution in [1.82, 2.24) is 14.9 Å². The minimum atomic E-state index is -3.59. The van der Waals surface area contributed by atoms with Crippen LogP contribution in [0.3, 0.4) is 0 Å². The van der Waals surface area contributed by atoms with E-state index in [0.29, 0.717) is 23.7 Å². The fourth-order valence-electron chi connectivity index (χ4n) is 3.39. The second-order valence-corrected chi connectivity index (χ2v) is 9.73. The van der Waals surface area contributed by atoms with Crippen LogP contribution in [0.2, 0.25) is 0 Å². The number of hydrogen-bond donors (Lipinski definition) is 3. The third kappa shape index (κ3) is 6.80. The molecule has 1 atom stereocenters. The van der Waals surface area contributed by atoms with Gasteiger partial charge in [-0.15, -0.1) is 0 Å². The predicted octanol–water partition coefficient (Wildman–Crippen LogP) is 1.33. The Balaban J connectivity index is 1.92. The van der Waals surface area contributed by atoms with E-state index in [1.54, 1.807) is 19.1 Å². The van der Waals surface area contributed by atoms with Gasteiger partial charge in [0, 0.05) is 24.7 Å². The summed E-state index contributed by atoms with van der Waals surface area (Å²) in [4.78, 5) is 26.4. The monoisotopic (exact) mass is 424 g/mol. The Morgan fingerprint density at radius 3 is 2.66 bits per heavy atom. The SMILES string of the molecule is CNS(=O)(=O)c1cc(NC(=O)CN2CCCC(CNC(=O)C(C)C)C2)ccc1C. The summed E-state index contributed by atoms with van der Waals surface area (Å²) < 4.78 is 26.5. The molecule has 0 aromatic heterocycles. The van der Waals surface area contributed by atoms with Gasteiger partial charge in [-0.1, -0.05) is 19.9 Å². The van der Waals surface area contributed by atoms with E-state index >= 15 is 0 Å². The van der Waals surface area contributed by atoms with Gasteiger partial charge in [0.05, 0.1) is 11.4 Å². The van der Waals surface area contributed by atoms with Crippen LogP contribution in [0.5, 0.6) is 0 Å². The zero-order valence-electron chi connectivity index (χ0n) is 17.6. The molecule has 29 heavy (non-hydrogen) atoms. The van der Waals surface area contributed by atoms with Crippen molar-refractivity contribution < 1.29 is 18.0 Å². The molecule has 1 aliphatic rings. The van der Waals surface area contributed by atoms with Crippen molar-refractivity contribution >= 4 is 27.5 Å². The second-order valence-electron chi connectivity index (χ2n) is 7.88. The van der Waals surface area contributed by atoms with E-state index in [2.05, 4.69) is 20.3 Å². The molecular formula is C20H32N4O4S. The Hall–Kier alpha value is -1.97. The van der Waals surface area contributed by atoms with Gasteiger partial charge in [0.2, 0.25) is 21.8 Å². The number of amides is 2. The smallest absolute Gasteiger partial charge is 0.240 e. The van der Waals surface area contributed by atoms with Crippen LogP contribution in [0.15, 0.2) is 23.1 Å². The van der Waals surface area contributed by atoms with Crippen molar-refractivity contribution in [3.63, 3.8) is 0 Å². The maximum Gasteiger partial charge on any atom is 0.240 e. The first kappa shape index (κ1) is 23.3. The fraction of sp³-hybridized carbons (Fsp3) is 0.600. The number of likely N-dealkylation sites (tertiary alicyclic amines) is 1. The Kier molecular flexibility index (Phi) is 8.18. The van der Waals surface area contributed by atoms with Crippen LogP contribution in [0.4, 0.5) is 5.69 Å². The lowest BCUT2D eigenvalue weighted by Gasteiger charge is -2.32. The second kappa shape index (κ2) is 10.2. The fourth-order valence-corrected chi connectivity index (χ4v) is 4.39. The van der Waals surface area contributed by atoms with Gasteiger partial charge in [0.1, 0.15) is 0 Å². The number of carbonyl (C=O) groups excluding carboxylic acids is 2. The standard InChI is InChI=1S/C20H32N4O4S/c1-14(2)20(26)22-11-16-6-5-9-24(12-16)13-19(25)23-17-8-7-15(3)18(10-17)29(27,28)21-4/h7-8,10,14,16,21H,5-6,9,11-13H2,1-4H3,(H,22,26)(H,23,25). The molecule has 1 heterocycles. The predicted molar refractivity (Wildman–Crippen MR) is 113 cm³/mol. The highest BCUT2D eigenvalue weighted by Gasteiger charge is 2.23. The minimum absolute atomic E-state index is 0.0356. The number of hydrogen-bond acceptors (Lipinski definition) is 5. The summed E-state index contributed by atoms with van der Waals surface area (Å²) in [6, 6.07) is 4.84. The number of sulfonamides is 1. The minimum Gasteiger partial charge on any atom is -0.356 e. The van der Waals surface area contributed by atoms with E-state index in [9.17, 15) is 18.0 Å². The molecule has 8 nitrogen and oxygen atoms in total. The van der Waals surface area contributed by atoms with Gasteiger partial charge in [0.25, 0.3) is 0 Å². The molecular weight excluding hydrogens is 392 g/mol. The van der Waals surface area contributed by atoms with Crippen LogP contribution in [0.1, 0.15) is 32.3 Å². The van der Waals surface area contributed by atoms with E-state index < -0.39 is 10.0 Å². The first-order chi connectivity index (χ1) is 13.6. The van der Waals surface area contributed by atoms with E-state index in [0.717, 1.165) is 25.9 Å². The Bertz CT molecular complexity index is 839. The number of carbonyl (C=O) groups is 2. The molecule has 162 valence electrons. The van der Waals surface area contributed by atoms with Crippen LogP contribution in [-0.4, -0.2) is 58.4 Å². The number of aryl methyl sites for hydroxylation is 1. The highest BCUT2D eigenvalue weighted by atomic mass is 32.2. The summed E-state index contributed by atoms with van der Waals surface area (Å²) in [6.07, 6.45) is 2.00. The summed E-state index contributed by atoms with van der Waals surface area (Å²) in [5.41, 5.74) is 1.06. The number of piperidine rings is 1. The molecule has 0 aliphatic carbocycles. The first-order valence-electron chi connectivity index (χ1n) is 9.96. The average Bonchev–Trinajstić information content (AvgIpc) is 2.67. The summed E-state index contributed by atoms with van der Waals surface area (Å²) in [6.45, 7) is 7.88. The van der Waals surface area contributed by atoms with Crippen molar-refractivity contribution in [3.8, 4) is 0 Å². The van der Waals surface area contributed by atoms with Crippen molar-refractivity contribution in [1.29, 1.82) is 0 Å². The largest absolute Gasteiger partial charge is 0.356 e. The van der Waals surface area contributed by atoms with E-state index in [1.165, 1.54) is 13.1 Å². The number of nitrogens with zero attached hydrogens (tertiary/aromatic N) is 1. The van der Waals surface area contributed by atoms with Crippen molar-refractivity contribution in [2.24, 2.45) is 11.8 Å². The zero-order chi connectivity index (χ0) is 21.6. The van der Waals surface area contributed by atoms with E-state index in [-0.39, 0.29) is 29.2 Å². The molecule has 0 radical (unpaired) electrons. The quantitative estimate of drug-likeness (QED) is 0.583. The summed E-state index contributed by atoms with van der Waals surface area (Å²) in [5.74, 6) is 0.151. The third-order valence-electron chi connectivity index (χ3n) is 5.09. The van der Waals surface area contributed by atoms with Crippen LogP contribution in [0, 0.1) is 18.8 Å². The van der Waals surface area contributed by atoms with E-state index in [1.807, 2.05) is 13.8 Å². The van der Waals surface area contributed by atoms with E-state index in [4.69, 9.17) is 0 Å². The Morgan fingerprint density at radius 1 is 1.28 bits per heavy atom. The molecule has 1 saturated heterocycles. The molecule has 0 bridgehead atoms. The third-order valence-corrected chi connectivity index (χ3v) is 6.65. The van der Waals surface area contributed by atoms with Crippen molar-refractivity contribution in [2.75, 3.05) is 38.5 Å². The maximum absolute atomic E-state index is 12.5.